The molecule has 1 fully saturated rings. The molecule has 20 heavy (non-hydrogen) atoms. The normalized spacial score (nSPS) is 18.8. The number of nitrogens with one attached hydrogen (secondary N) is 1. The molecule has 1 amide bonds. The van der Waals surface area contributed by atoms with Crippen LogP contribution in [-0.4, -0.2) is 28.3 Å². The van der Waals surface area contributed by atoms with E-state index in [1.807, 2.05) is 0 Å². The first-order chi connectivity index (χ1) is 9.48. The lowest BCUT2D eigenvalue weighted by molar-refractivity contribution is -0.124. The van der Waals surface area contributed by atoms with E-state index in [4.69, 9.17) is 11.6 Å². The van der Waals surface area contributed by atoms with E-state index in [1.54, 1.807) is 24.3 Å². The molecule has 3 N–H and O–H groups in total. The minimum atomic E-state index is -0.856. The Balaban J connectivity index is 1.80. The minimum Gasteiger partial charge on any atom is -0.388 e. The zero-order chi connectivity index (χ0) is 14.6. The van der Waals surface area contributed by atoms with Crippen LogP contribution in [0.4, 0.5) is 0 Å². The van der Waals surface area contributed by atoms with Gasteiger partial charge in [-0.05, 0) is 30.5 Å². The molecule has 2 rings (SSSR count). The summed E-state index contributed by atoms with van der Waals surface area (Å²) in [6.07, 6.45) is 2.59. The zero-order valence-corrected chi connectivity index (χ0v) is 12.1. The van der Waals surface area contributed by atoms with Crippen LogP contribution < -0.4 is 5.32 Å². The van der Waals surface area contributed by atoms with Crippen molar-refractivity contribution in [1.29, 1.82) is 0 Å². The summed E-state index contributed by atoms with van der Waals surface area (Å²) in [6.45, 7) is 0.263. The molecule has 1 aliphatic rings. The summed E-state index contributed by atoms with van der Waals surface area (Å²) in [4.78, 5) is 11.8. The van der Waals surface area contributed by atoms with Gasteiger partial charge in [0, 0.05) is 11.6 Å². The number of aliphatic hydroxyl groups excluding tert-OH is 1. The largest absolute Gasteiger partial charge is 0.388 e. The quantitative estimate of drug-likeness (QED) is 0.780. The van der Waals surface area contributed by atoms with Crippen LogP contribution in [0.2, 0.25) is 5.02 Å². The first-order valence-corrected chi connectivity index (χ1v) is 7.29. The number of rotatable bonds is 5. The van der Waals surface area contributed by atoms with Crippen molar-refractivity contribution in [1.82, 2.24) is 5.32 Å². The van der Waals surface area contributed by atoms with Gasteiger partial charge in [-0.2, -0.15) is 0 Å². The second kappa shape index (κ2) is 6.57. The third kappa shape index (κ3) is 4.20. The molecule has 0 heterocycles. The molecule has 1 aromatic rings. The zero-order valence-electron chi connectivity index (χ0n) is 11.3. The molecule has 110 valence electrons. The van der Waals surface area contributed by atoms with Gasteiger partial charge in [-0.3, -0.25) is 4.79 Å². The van der Waals surface area contributed by atoms with Crippen molar-refractivity contribution in [3.05, 3.63) is 34.9 Å². The summed E-state index contributed by atoms with van der Waals surface area (Å²) >= 11 is 5.77. The van der Waals surface area contributed by atoms with Crippen molar-refractivity contribution in [3.63, 3.8) is 0 Å². The van der Waals surface area contributed by atoms with Crippen molar-refractivity contribution < 1.29 is 15.0 Å². The van der Waals surface area contributed by atoms with Gasteiger partial charge >= 0.3 is 0 Å². The van der Waals surface area contributed by atoms with Gasteiger partial charge in [0.25, 0.3) is 0 Å². The summed E-state index contributed by atoms with van der Waals surface area (Å²) in [5.41, 5.74) is -0.106. The molecular formula is C15H20ClNO3. The molecule has 0 aliphatic heterocycles. The summed E-state index contributed by atoms with van der Waals surface area (Å²) in [5, 5.41) is 23.4. The molecule has 4 nitrogen and oxygen atoms in total. The molecule has 0 bridgehead atoms. The van der Waals surface area contributed by atoms with Crippen LogP contribution >= 0.6 is 11.6 Å². The number of carbonyl (C=O) groups is 1. The van der Waals surface area contributed by atoms with E-state index in [2.05, 4.69) is 5.32 Å². The van der Waals surface area contributed by atoms with E-state index in [1.165, 1.54) is 0 Å². The number of carbonyl (C=O) groups excluding carboxylic acids is 1. The highest BCUT2D eigenvalue weighted by atomic mass is 35.5. The Morgan fingerprint density at radius 1 is 1.30 bits per heavy atom. The van der Waals surface area contributed by atoms with E-state index < -0.39 is 11.7 Å². The monoisotopic (exact) mass is 297 g/mol. The van der Waals surface area contributed by atoms with E-state index in [0.717, 1.165) is 25.7 Å². The fraction of sp³-hybridized carbons (Fsp3) is 0.533. The van der Waals surface area contributed by atoms with Crippen LogP contribution in [0.3, 0.4) is 0 Å². The Morgan fingerprint density at radius 3 is 2.50 bits per heavy atom. The molecule has 1 unspecified atom stereocenters. The highest BCUT2D eigenvalue weighted by molar-refractivity contribution is 6.30. The molecule has 0 saturated heterocycles. The van der Waals surface area contributed by atoms with E-state index in [9.17, 15) is 15.0 Å². The lowest BCUT2D eigenvalue weighted by atomic mass is 10.0. The number of halogens is 1. The van der Waals surface area contributed by atoms with Gasteiger partial charge in [0.2, 0.25) is 5.91 Å². The molecular weight excluding hydrogens is 278 g/mol. The average Bonchev–Trinajstić information content (AvgIpc) is 2.85. The highest BCUT2D eigenvalue weighted by Gasteiger charge is 2.31. The maximum Gasteiger partial charge on any atom is 0.223 e. The SMILES string of the molecule is O=C(CC(O)c1ccc(Cl)cc1)NCC1(O)CCCC1. The minimum absolute atomic E-state index is 0.0162. The Bertz CT molecular complexity index is 455. The standard InChI is InChI=1S/C15H20ClNO3/c16-12-5-3-11(4-6-12)13(18)9-14(19)17-10-15(20)7-1-2-8-15/h3-6,13,18,20H,1-2,7-10H2,(H,17,19). The maximum absolute atomic E-state index is 11.8. The van der Waals surface area contributed by atoms with Gasteiger partial charge in [-0.15, -0.1) is 0 Å². The molecule has 0 radical (unpaired) electrons. The number of benzene rings is 1. The second-order valence-electron chi connectivity index (χ2n) is 5.48. The summed E-state index contributed by atoms with van der Waals surface area (Å²) in [5.74, 6) is -0.257. The van der Waals surface area contributed by atoms with Gasteiger partial charge in [0.15, 0.2) is 0 Å². The third-order valence-corrected chi connectivity index (χ3v) is 4.03. The van der Waals surface area contributed by atoms with Gasteiger partial charge < -0.3 is 15.5 Å². The van der Waals surface area contributed by atoms with Crippen molar-refractivity contribution in [3.8, 4) is 0 Å². The predicted octanol–water partition coefficient (Wildman–Crippen LogP) is 2.18. The van der Waals surface area contributed by atoms with Crippen LogP contribution in [0.25, 0.3) is 0 Å². The third-order valence-electron chi connectivity index (χ3n) is 3.78. The summed E-state index contributed by atoms with van der Waals surface area (Å²) < 4.78 is 0. The fourth-order valence-corrected chi connectivity index (χ4v) is 2.65. The van der Waals surface area contributed by atoms with Crippen molar-refractivity contribution in [2.24, 2.45) is 0 Å². The first kappa shape index (κ1) is 15.3. The Morgan fingerprint density at radius 2 is 1.90 bits per heavy atom. The van der Waals surface area contributed by atoms with Crippen LogP contribution in [0.15, 0.2) is 24.3 Å². The number of hydrogen-bond donors (Lipinski definition) is 3. The molecule has 1 aliphatic carbocycles. The van der Waals surface area contributed by atoms with Crippen molar-refractivity contribution >= 4 is 17.5 Å². The number of aliphatic hydroxyl groups is 2. The lowest BCUT2D eigenvalue weighted by Crippen LogP contribution is -2.41. The van der Waals surface area contributed by atoms with Crippen LogP contribution in [-0.2, 0) is 4.79 Å². The van der Waals surface area contributed by atoms with Gasteiger partial charge in [-0.1, -0.05) is 36.6 Å². The molecule has 1 atom stereocenters. The van der Waals surface area contributed by atoms with Crippen molar-refractivity contribution in [2.45, 2.75) is 43.8 Å². The Labute approximate surface area is 123 Å². The van der Waals surface area contributed by atoms with Crippen molar-refractivity contribution in [2.75, 3.05) is 6.54 Å². The average molecular weight is 298 g/mol. The molecule has 0 spiro atoms. The molecule has 1 saturated carbocycles. The van der Waals surface area contributed by atoms with E-state index in [-0.39, 0.29) is 18.9 Å². The molecule has 0 aromatic heterocycles. The second-order valence-corrected chi connectivity index (χ2v) is 5.92. The maximum atomic E-state index is 11.8. The van der Waals surface area contributed by atoms with Crippen LogP contribution in [0.1, 0.15) is 43.8 Å². The van der Waals surface area contributed by atoms with Gasteiger partial charge in [0.05, 0.1) is 18.1 Å². The topological polar surface area (TPSA) is 69.6 Å². The summed E-state index contributed by atoms with van der Waals surface area (Å²) in [7, 11) is 0. The van der Waals surface area contributed by atoms with Gasteiger partial charge in [-0.25, -0.2) is 0 Å². The first-order valence-electron chi connectivity index (χ1n) is 6.91. The predicted molar refractivity (Wildman–Crippen MR) is 77.5 cm³/mol. The Kier molecular flexibility index (Phi) is 5.02. The Hall–Kier alpha value is -1.10. The smallest absolute Gasteiger partial charge is 0.223 e. The number of hydrogen-bond acceptors (Lipinski definition) is 3. The van der Waals surface area contributed by atoms with Crippen LogP contribution in [0, 0.1) is 0 Å². The van der Waals surface area contributed by atoms with Gasteiger partial charge in [0.1, 0.15) is 0 Å². The van der Waals surface area contributed by atoms with Crippen LogP contribution in [0.5, 0.6) is 0 Å². The summed E-state index contributed by atoms with van der Waals surface area (Å²) in [6, 6.07) is 6.76. The van der Waals surface area contributed by atoms with E-state index in [0.29, 0.717) is 10.6 Å². The lowest BCUT2D eigenvalue weighted by Gasteiger charge is -2.22. The molecule has 5 heteroatoms. The number of amides is 1. The fourth-order valence-electron chi connectivity index (χ4n) is 2.52. The molecule has 1 aromatic carbocycles. The van der Waals surface area contributed by atoms with E-state index >= 15 is 0 Å². The highest BCUT2D eigenvalue weighted by Crippen LogP contribution is 2.28.